The number of aromatic nitrogens is 5. The number of carbonyl (C=O) groups excluding carboxylic acids is 1. The van der Waals surface area contributed by atoms with Gasteiger partial charge in [-0.05, 0) is 52.1 Å². The molecule has 1 aliphatic heterocycles. The van der Waals surface area contributed by atoms with Crippen molar-refractivity contribution >= 4 is 5.91 Å². The Labute approximate surface area is 169 Å². The minimum Gasteiger partial charge on any atom is -0.348 e. The Balaban J connectivity index is 1.37. The van der Waals surface area contributed by atoms with Crippen LogP contribution in [0.4, 0.5) is 0 Å². The van der Waals surface area contributed by atoms with Crippen LogP contribution >= 0.6 is 0 Å². The zero-order chi connectivity index (χ0) is 20.1. The number of carbonyl (C=O) groups is 1. The van der Waals surface area contributed by atoms with E-state index in [2.05, 4.69) is 55.0 Å². The van der Waals surface area contributed by atoms with Crippen LogP contribution < -0.4 is 5.32 Å². The highest BCUT2D eigenvalue weighted by molar-refractivity contribution is 5.76. The van der Waals surface area contributed by atoms with E-state index < -0.39 is 0 Å². The van der Waals surface area contributed by atoms with E-state index in [1.165, 1.54) is 11.1 Å². The highest BCUT2D eigenvalue weighted by Crippen LogP contribution is 2.20. The summed E-state index contributed by atoms with van der Waals surface area (Å²) < 4.78 is 1.59. The SMILES string of the molecule is CCC(NC(=O)Cn1nnnc1CN1CCc2ccccc2C1)c1ccncc1. The van der Waals surface area contributed by atoms with Crippen molar-refractivity contribution in [2.24, 2.45) is 0 Å². The average molecular weight is 391 g/mol. The first-order chi connectivity index (χ1) is 14.2. The standard InChI is InChI=1S/C21H25N7O/c1-2-19(17-7-10-22-11-8-17)23-21(29)15-28-20(24-25-26-28)14-27-12-9-16-5-3-4-6-18(16)13-27/h3-8,10-11,19H,2,9,12-15H2,1H3,(H,23,29). The first-order valence-electron chi connectivity index (χ1n) is 9.96. The summed E-state index contributed by atoms with van der Waals surface area (Å²) in [6, 6.07) is 12.3. The molecule has 8 nitrogen and oxygen atoms in total. The zero-order valence-corrected chi connectivity index (χ0v) is 16.5. The predicted molar refractivity (Wildman–Crippen MR) is 107 cm³/mol. The van der Waals surface area contributed by atoms with Gasteiger partial charge >= 0.3 is 0 Å². The van der Waals surface area contributed by atoms with Gasteiger partial charge in [-0.2, -0.15) is 0 Å². The van der Waals surface area contributed by atoms with Crippen molar-refractivity contribution in [2.75, 3.05) is 6.54 Å². The lowest BCUT2D eigenvalue weighted by Crippen LogP contribution is -2.34. The molecule has 1 amide bonds. The Kier molecular flexibility index (Phi) is 5.90. The Morgan fingerprint density at radius 2 is 1.97 bits per heavy atom. The van der Waals surface area contributed by atoms with E-state index in [0.29, 0.717) is 12.4 Å². The zero-order valence-electron chi connectivity index (χ0n) is 16.5. The van der Waals surface area contributed by atoms with E-state index in [1.807, 2.05) is 19.1 Å². The molecule has 3 aromatic rings. The first kappa shape index (κ1) is 19.2. The highest BCUT2D eigenvalue weighted by Gasteiger charge is 2.20. The third-order valence-electron chi connectivity index (χ3n) is 5.33. The van der Waals surface area contributed by atoms with Gasteiger partial charge in [0, 0.05) is 25.5 Å². The van der Waals surface area contributed by atoms with Crippen LogP contribution in [0.2, 0.25) is 0 Å². The molecular weight excluding hydrogens is 366 g/mol. The Morgan fingerprint density at radius 1 is 1.17 bits per heavy atom. The minimum absolute atomic E-state index is 0.0518. The van der Waals surface area contributed by atoms with Crippen LogP contribution in [0.1, 0.15) is 41.9 Å². The summed E-state index contributed by atoms with van der Waals surface area (Å²) >= 11 is 0. The smallest absolute Gasteiger partial charge is 0.242 e. The van der Waals surface area contributed by atoms with Crippen LogP contribution in [-0.4, -0.2) is 42.5 Å². The third-order valence-corrected chi connectivity index (χ3v) is 5.33. The molecule has 0 bridgehead atoms. The fraction of sp³-hybridized carbons (Fsp3) is 0.381. The number of benzene rings is 1. The maximum absolute atomic E-state index is 12.6. The lowest BCUT2D eigenvalue weighted by atomic mass is 10.00. The van der Waals surface area contributed by atoms with Gasteiger partial charge in [0.25, 0.3) is 0 Å². The summed E-state index contributed by atoms with van der Waals surface area (Å²) in [7, 11) is 0. The molecule has 1 atom stereocenters. The van der Waals surface area contributed by atoms with Crippen molar-refractivity contribution in [3.8, 4) is 0 Å². The molecular formula is C21H25N7O. The molecule has 0 saturated heterocycles. The number of hydrogen-bond acceptors (Lipinski definition) is 6. The topological polar surface area (TPSA) is 88.8 Å². The molecule has 0 radical (unpaired) electrons. The van der Waals surface area contributed by atoms with Crippen LogP contribution in [0, 0.1) is 0 Å². The van der Waals surface area contributed by atoms with Gasteiger partial charge in [0.1, 0.15) is 6.54 Å². The summed E-state index contributed by atoms with van der Waals surface area (Å²) in [6.45, 7) is 4.59. The van der Waals surface area contributed by atoms with E-state index in [0.717, 1.165) is 31.5 Å². The predicted octanol–water partition coefficient (Wildman–Crippen LogP) is 1.89. The molecule has 29 heavy (non-hydrogen) atoms. The van der Waals surface area contributed by atoms with Crippen molar-refractivity contribution in [3.05, 3.63) is 71.3 Å². The van der Waals surface area contributed by atoms with E-state index in [9.17, 15) is 4.79 Å². The lowest BCUT2D eigenvalue weighted by Gasteiger charge is -2.28. The van der Waals surface area contributed by atoms with Gasteiger partial charge in [0.2, 0.25) is 5.91 Å². The number of amides is 1. The fourth-order valence-corrected chi connectivity index (χ4v) is 3.74. The van der Waals surface area contributed by atoms with Gasteiger partial charge in [0.05, 0.1) is 12.6 Å². The molecule has 0 spiro atoms. The molecule has 3 heterocycles. The fourth-order valence-electron chi connectivity index (χ4n) is 3.74. The normalized spacial score (nSPS) is 14.9. The van der Waals surface area contributed by atoms with Gasteiger partial charge in [-0.25, -0.2) is 4.68 Å². The second kappa shape index (κ2) is 8.91. The van der Waals surface area contributed by atoms with Gasteiger partial charge in [0.15, 0.2) is 5.82 Å². The summed E-state index contributed by atoms with van der Waals surface area (Å²) in [5, 5.41) is 15.0. The molecule has 150 valence electrons. The lowest BCUT2D eigenvalue weighted by molar-refractivity contribution is -0.122. The number of hydrogen-bond donors (Lipinski definition) is 1. The summed E-state index contributed by atoms with van der Waals surface area (Å²) in [6.07, 6.45) is 5.29. The van der Waals surface area contributed by atoms with Crippen molar-refractivity contribution in [1.82, 2.24) is 35.4 Å². The number of nitrogens with zero attached hydrogens (tertiary/aromatic N) is 6. The molecule has 1 aliphatic rings. The molecule has 0 saturated carbocycles. The Morgan fingerprint density at radius 3 is 2.76 bits per heavy atom. The minimum atomic E-state index is -0.105. The van der Waals surface area contributed by atoms with Crippen LogP contribution in [0.25, 0.3) is 0 Å². The Hall–Kier alpha value is -3.13. The number of rotatable bonds is 7. The molecule has 1 N–H and O–H groups in total. The molecule has 0 aliphatic carbocycles. The second-order valence-corrected chi connectivity index (χ2v) is 7.29. The second-order valence-electron chi connectivity index (χ2n) is 7.29. The molecule has 0 fully saturated rings. The summed E-state index contributed by atoms with van der Waals surface area (Å²) in [5.74, 6) is 0.600. The summed E-state index contributed by atoms with van der Waals surface area (Å²) in [5.41, 5.74) is 3.79. The van der Waals surface area contributed by atoms with Crippen molar-refractivity contribution in [1.29, 1.82) is 0 Å². The monoisotopic (exact) mass is 391 g/mol. The molecule has 2 aromatic heterocycles. The van der Waals surface area contributed by atoms with Crippen LogP contribution in [-0.2, 0) is 30.8 Å². The van der Waals surface area contributed by atoms with Crippen LogP contribution in [0.5, 0.6) is 0 Å². The number of nitrogens with one attached hydrogen (secondary N) is 1. The van der Waals surface area contributed by atoms with Gasteiger partial charge in [-0.15, -0.1) is 5.10 Å². The van der Waals surface area contributed by atoms with Gasteiger partial charge in [-0.1, -0.05) is 31.2 Å². The molecule has 1 unspecified atom stereocenters. The quantitative estimate of drug-likeness (QED) is 0.662. The van der Waals surface area contributed by atoms with Gasteiger partial charge in [-0.3, -0.25) is 14.7 Å². The maximum atomic E-state index is 12.6. The van der Waals surface area contributed by atoms with Crippen molar-refractivity contribution < 1.29 is 4.79 Å². The van der Waals surface area contributed by atoms with Gasteiger partial charge < -0.3 is 5.32 Å². The van der Waals surface area contributed by atoms with Crippen LogP contribution in [0.3, 0.4) is 0 Å². The molecule has 8 heteroatoms. The number of fused-ring (bicyclic) bond motifs is 1. The van der Waals surface area contributed by atoms with E-state index in [1.54, 1.807) is 17.1 Å². The number of pyridine rings is 1. The van der Waals surface area contributed by atoms with Crippen molar-refractivity contribution in [2.45, 2.75) is 45.4 Å². The van der Waals surface area contributed by atoms with Crippen molar-refractivity contribution in [3.63, 3.8) is 0 Å². The first-order valence-corrected chi connectivity index (χ1v) is 9.96. The maximum Gasteiger partial charge on any atom is 0.242 e. The van der Waals surface area contributed by atoms with E-state index in [4.69, 9.17) is 0 Å². The van der Waals surface area contributed by atoms with Crippen LogP contribution in [0.15, 0.2) is 48.8 Å². The van der Waals surface area contributed by atoms with E-state index in [-0.39, 0.29) is 18.5 Å². The average Bonchev–Trinajstić information content (AvgIpc) is 3.19. The highest BCUT2D eigenvalue weighted by atomic mass is 16.2. The molecule has 1 aromatic carbocycles. The third kappa shape index (κ3) is 4.65. The number of tetrazole rings is 1. The van der Waals surface area contributed by atoms with E-state index >= 15 is 0 Å². The largest absolute Gasteiger partial charge is 0.348 e. The summed E-state index contributed by atoms with van der Waals surface area (Å²) in [4.78, 5) is 19.0. The molecule has 4 rings (SSSR count). The Bertz CT molecular complexity index is 956.